The Balaban J connectivity index is 2.08. The maximum Gasteiger partial charge on any atom is 0.271 e. The van der Waals surface area contributed by atoms with Gasteiger partial charge in [0.2, 0.25) is 0 Å². The van der Waals surface area contributed by atoms with Crippen LogP contribution in [0.5, 0.6) is 11.5 Å². The molecule has 0 aliphatic rings. The van der Waals surface area contributed by atoms with Crippen LogP contribution in [0.3, 0.4) is 0 Å². The fourth-order valence-electron chi connectivity index (χ4n) is 1.82. The molecule has 6 nitrogen and oxygen atoms in total. The van der Waals surface area contributed by atoms with E-state index in [9.17, 15) is 4.79 Å². The number of nitrogens with one attached hydrogen (secondary N) is 2. The number of benzene rings is 1. The topological polar surface area (TPSA) is 72.5 Å². The number of rotatable bonds is 6. The van der Waals surface area contributed by atoms with Crippen molar-refractivity contribution in [1.29, 1.82) is 0 Å². The quantitative estimate of drug-likeness (QED) is 0.798. The van der Waals surface area contributed by atoms with Gasteiger partial charge in [-0.05, 0) is 30.3 Å². The smallest absolute Gasteiger partial charge is 0.271 e. The van der Waals surface area contributed by atoms with Crippen molar-refractivity contribution >= 4 is 11.6 Å². The van der Waals surface area contributed by atoms with Crippen LogP contribution in [0.25, 0.3) is 5.70 Å². The molecule has 2 rings (SSSR count). The largest absolute Gasteiger partial charge is 0.497 e. The van der Waals surface area contributed by atoms with Crippen LogP contribution in [-0.4, -0.2) is 25.1 Å². The molecule has 1 aromatic heterocycles. The summed E-state index contributed by atoms with van der Waals surface area (Å²) in [5.74, 6) is 0.974. The lowest BCUT2D eigenvalue weighted by Gasteiger charge is -2.15. The Morgan fingerprint density at radius 2 is 2.00 bits per heavy atom. The summed E-state index contributed by atoms with van der Waals surface area (Å²) in [6.07, 6.45) is 3.08. The van der Waals surface area contributed by atoms with Crippen LogP contribution in [-0.2, 0) is 0 Å². The van der Waals surface area contributed by atoms with Gasteiger partial charge in [-0.2, -0.15) is 0 Å². The molecule has 0 unspecified atom stereocenters. The summed E-state index contributed by atoms with van der Waals surface area (Å²) in [5.41, 5.74) is 6.94. The first-order valence-corrected chi connectivity index (χ1v) is 6.53. The van der Waals surface area contributed by atoms with Gasteiger partial charge in [0.15, 0.2) is 0 Å². The Labute approximate surface area is 128 Å². The first-order valence-electron chi connectivity index (χ1n) is 6.53. The van der Waals surface area contributed by atoms with Crippen LogP contribution in [0, 0.1) is 0 Å². The molecule has 0 saturated heterocycles. The summed E-state index contributed by atoms with van der Waals surface area (Å²) in [4.78, 5) is 15.8. The molecule has 0 aliphatic heterocycles. The summed E-state index contributed by atoms with van der Waals surface area (Å²) >= 11 is 0. The average molecular weight is 299 g/mol. The number of pyridine rings is 1. The van der Waals surface area contributed by atoms with Gasteiger partial charge in [0.05, 0.1) is 25.5 Å². The van der Waals surface area contributed by atoms with Gasteiger partial charge in [0, 0.05) is 18.0 Å². The van der Waals surface area contributed by atoms with Crippen LogP contribution in [0.2, 0.25) is 0 Å². The van der Waals surface area contributed by atoms with Crippen molar-refractivity contribution in [1.82, 2.24) is 15.8 Å². The SMILES string of the molecule is C=C(NNC(=O)c1cccnc1)c1cc(OC)ccc1OC. The molecule has 0 aliphatic carbocycles. The van der Waals surface area contributed by atoms with Gasteiger partial charge in [-0.15, -0.1) is 0 Å². The Bertz CT molecular complexity index is 672. The molecule has 114 valence electrons. The van der Waals surface area contributed by atoms with Crippen LogP contribution < -0.4 is 20.3 Å². The Morgan fingerprint density at radius 3 is 2.64 bits per heavy atom. The number of hydrogen-bond donors (Lipinski definition) is 2. The fourth-order valence-corrected chi connectivity index (χ4v) is 1.82. The van der Waals surface area contributed by atoms with Crippen LogP contribution in [0.1, 0.15) is 15.9 Å². The molecule has 0 fully saturated rings. The molecule has 6 heteroatoms. The van der Waals surface area contributed by atoms with Crippen LogP contribution >= 0.6 is 0 Å². The Kier molecular flexibility index (Phi) is 4.98. The number of methoxy groups -OCH3 is 2. The number of nitrogens with zero attached hydrogens (tertiary/aromatic N) is 1. The maximum absolute atomic E-state index is 11.9. The van der Waals surface area contributed by atoms with Crippen molar-refractivity contribution in [2.75, 3.05) is 14.2 Å². The molecule has 0 atom stereocenters. The van der Waals surface area contributed by atoms with Gasteiger partial charge in [0.25, 0.3) is 5.91 Å². The predicted molar refractivity (Wildman–Crippen MR) is 83.4 cm³/mol. The van der Waals surface area contributed by atoms with Crippen molar-refractivity contribution < 1.29 is 14.3 Å². The van der Waals surface area contributed by atoms with E-state index in [4.69, 9.17) is 9.47 Å². The number of amides is 1. The second-order valence-corrected chi connectivity index (χ2v) is 4.37. The van der Waals surface area contributed by atoms with E-state index in [2.05, 4.69) is 22.4 Å². The van der Waals surface area contributed by atoms with Gasteiger partial charge in [-0.1, -0.05) is 6.58 Å². The molecular weight excluding hydrogens is 282 g/mol. The van der Waals surface area contributed by atoms with Crippen molar-refractivity contribution in [2.24, 2.45) is 0 Å². The molecular formula is C16H17N3O3. The lowest BCUT2D eigenvalue weighted by Crippen LogP contribution is -2.35. The normalized spacial score (nSPS) is 9.73. The van der Waals surface area contributed by atoms with Gasteiger partial charge in [0.1, 0.15) is 11.5 Å². The maximum atomic E-state index is 11.9. The van der Waals surface area contributed by atoms with E-state index < -0.39 is 0 Å². The summed E-state index contributed by atoms with van der Waals surface area (Å²) in [7, 11) is 3.14. The summed E-state index contributed by atoms with van der Waals surface area (Å²) < 4.78 is 10.5. The van der Waals surface area contributed by atoms with Crippen molar-refractivity contribution in [3.05, 3.63) is 60.4 Å². The lowest BCUT2D eigenvalue weighted by atomic mass is 10.1. The standard InChI is InChI=1S/C16H17N3O3/c1-11(14-9-13(21-2)6-7-15(14)22-3)18-19-16(20)12-5-4-8-17-10-12/h4-10,18H,1H2,2-3H3,(H,19,20). The minimum Gasteiger partial charge on any atom is -0.497 e. The Morgan fingerprint density at radius 1 is 1.18 bits per heavy atom. The number of ether oxygens (including phenoxy) is 2. The molecule has 1 amide bonds. The molecule has 0 spiro atoms. The predicted octanol–water partition coefficient (Wildman–Crippen LogP) is 2.00. The summed E-state index contributed by atoms with van der Waals surface area (Å²) in [5, 5.41) is 0. The van der Waals surface area contributed by atoms with Crippen molar-refractivity contribution in [3.8, 4) is 11.5 Å². The van der Waals surface area contributed by atoms with E-state index in [1.54, 1.807) is 50.7 Å². The van der Waals surface area contributed by atoms with Crippen molar-refractivity contribution in [2.45, 2.75) is 0 Å². The highest BCUT2D eigenvalue weighted by atomic mass is 16.5. The average Bonchev–Trinajstić information content (AvgIpc) is 2.59. The van der Waals surface area contributed by atoms with Crippen LogP contribution in [0.15, 0.2) is 49.3 Å². The summed E-state index contributed by atoms with van der Waals surface area (Å²) in [6.45, 7) is 3.90. The molecule has 2 N–H and O–H groups in total. The van der Waals surface area contributed by atoms with E-state index >= 15 is 0 Å². The number of carbonyl (C=O) groups excluding carboxylic acids is 1. The highest BCUT2D eigenvalue weighted by Crippen LogP contribution is 2.27. The lowest BCUT2D eigenvalue weighted by molar-refractivity contribution is 0.0942. The zero-order chi connectivity index (χ0) is 15.9. The number of aromatic nitrogens is 1. The minimum atomic E-state index is -0.309. The number of hydrazine groups is 1. The second-order valence-electron chi connectivity index (χ2n) is 4.37. The van der Waals surface area contributed by atoms with E-state index in [-0.39, 0.29) is 5.91 Å². The monoisotopic (exact) mass is 299 g/mol. The van der Waals surface area contributed by atoms with Gasteiger partial charge in [-0.3, -0.25) is 20.6 Å². The molecule has 0 saturated carbocycles. The number of carbonyl (C=O) groups is 1. The molecule has 2 aromatic rings. The Hall–Kier alpha value is -3.02. The third-order valence-corrected chi connectivity index (χ3v) is 2.98. The van der Waals surface area contributed by atoms with E-state index in [0.717, 1.165) is 0 Å². The zero-order valence-electron chi connectivity index (χ0n) is 12.4. The second kappa shape index (κ2) is 7.12. The highest BCUT2D eigenvalue weighted by molar-refractivity contribution is 5.94. The van der Waals surface area contributed by atoms with E-state index in [1.165, 1.54) is 6.20 Å². The zero-order valence-corrected chi connectivity index (χ0v) is 12.4. The third kappa shape index (κ3) is 3.54. The molecule has 0 radical (unpaired) electrons. The molecule has 22 heavy (non-hydrogen) atoms. The van der Waals surface area contributed by atoms with Gasteiger partial charge >= 0.3 is 0 Å². The molecule has 0 bridgehead atoms. The third-order valence-electron chi connectivity index (χ3n) is 2.98. The first-order chi connectivity index (χ1) is 10.7. The molecule has 1 aromatic carbocycles. The van der Waals surface area contributed by atoms with E-state index in [1.807, 2.05) is 0 Å². The van der Waals surface area contributed by atoms with E-state index in [0.29, 0.717) is 28.3 Å². The summed E-state index contributed by atoms with van der Waals surface area (Å²) in [6, 6.07) is 8.67. The minimum absolute atomic E-state index is 0.309. The molecule has 1 heterocycles. The van der Waals surface area contributed by atoms with Gasteiger partial charge in [-0.25, -0.2) is 0 Å². The van der Waals surface area contributed by atoms with Crippen molar-refractivity contribution in [3.63, 3.8) is 0 Å². The van der Waals surface area contributed by atoms with Crippen LogP contribution in [0.4, 0.5) is 0 Å². The number of hydrogen-bond acceptors (Lipinski definition) is 5. The fraction of sp³-hybridized carbons (Fsp3) is 0.125. The van der Waals surface area contributed by atoms with Gasteiger partial charge < -0.3 is 9.47 Å². The highest BCUT2D eigenvalue weighted by Gasteiger charge is 2.10. The first kappa shape index (κ1) is 15.4.